The van der Waals surface area contributed by atoms with Crippen molar-refractivity contribution in [1.82, 2.24) is 0 Å². The molecule has 0 bridgehead atoms. The lowest BCUT2D eigenvalue weighted by molar-refractivity contribution is 1.36. The summed E-state index contributed by atoms with van der Waals surface area (Å²) in [5, 5.41) is 0.429. The topological polar surface area (TPSA) is 4.36 Å². The molecule has 0 aliphatic carbocycles. The van der Waals surface area contributed by atoms with Crippen molar-refractivity contribution in [2.45, 2.75) is 4.84 Å². The molecule has 0 heterocycles. The van der Waals surface area contributed by atoms with Crippen molar-refractivity contribution >= 4 is 40.5 Å². The van der Waals surface area contributed by atoms with Gasteiger partial charge in [0.05, 0.1) is 6.57 Å². The fourth-order valence-corrected chi connectivity index (χ4v) is 1.69. The Morgan fingerprint density at radius 3 is 2.42 bits per heavy atom. The first-order valence-electron chi connectivity index (χ1n) is 3.11. The SMILES string of the molecule is [C-]#[N+]c1cccc(Cl)c1C(Cl)Cl. The quantitative estimate of drug-likeness (QED) is 0.489. The Morgan fingerprint density at radius 1 is 1.33 bits per heavy atom. The van der Waals surface area contributed by atoms with Crippen molar-refractivity contribution in [1.29, 1.82) is 0 Å². The second-order valence-electron chi connectivity index (χ2n) is 2.09. The van der Waals surface area contributed by atoms with Crippen LogP contribution < -0.4 is 0 Å². The van der Waals surface area contributed by atoms with E-state index in [1.165, 1.54) is 0 Å². The van der Waals surface area contributed by atoms with Crippen LogP contribution in [0, 0.1) is 6.57 Å². The van der Waals surface area contributed by atoms with Crippen molar-refractivity contribution in [3.8, 4) is 0 Å². The first kappa shape index (κ1) is 9.67. The highest BCUT2D eigenvalue weighted by molar-refractivity contribution is 6.46. The van der Waals surface area contributed by atoms with Gasteiger partial charge in [-0.2, -0.15) is 0 Å². The van der Waals surface area contributed by atoms with Crippen LogP contribution in [0.2, 0.25) is 5.02 Å². The summed E-state index contributed by atoms with van der Waals surface area (Å²) in [6, 6.07) is 4.98. The van der Waals surface area contributed by atoms with E-state index in [1.807, 2.05) is 0 Å². The molecule has 0 atom stereocenters. The van der Waals surface area contributed by atoms with Gasteiger partial charge in [-0.15, -0.1) is 23.2 Å². The normalized spacial score (nSPS) is 9.92. The van der Waals surface area contributed by atoms with Crippen LogP contribution in [-0.4, -0.2) is 0 Å². The predicted molar refractivity (Wildman–Crippen MR) is 52.2 cm³/mol. The summed E-state index contributed by atoms with van der Waals surface area (Å²) in [7, 11) is 0. The van der Waals surface area contributed by atoms with Gasteiger partial charge in [0.15, 0.2) is 5.69 Å². The predicted octanol–water partition coefficient (Wildman–Crippen LogP) is 4.37. The highest BCUT2D eigenvalue weighted by Crippen LogP contribution is 2.37. The van der Waals surface area contributed by atoms with Crippen molar-refractivity contribution in [2.24, 2.45) is 0 Å². The van der Waals surface area contributed by atoms with E-state index in [0.29, 0.717) is 16.3 Å². The standard InChI is InChI=1S/C8H4Cl3N/c1-12-6-4-2-3-5(9)7(6)8(10)11/h2-4,8H. The molecule has 0 aliphatic rings. The molecule has 0 fully saturated rings. The van der Waals surface area contributed by atoms with Crippen molar-refractivity contribution in [3.05, 3.63) is 40.2 Å². The minimum absolute atomic E-state index is 0.400. The molecule has 62 valence electrons. The van der Waals surface area contributed by atoms with Gasteiger partial charge in [-0.05, 0) is 6.07 Å². The number of hydrogen-bond acceptors (Lipinski definition) is 0. The monoisotopic (exact) mass is 219 g/mol. The maximum absolute atomic E-state index is 6.82. The first-order valence-corrected chi connectivity index (χ1v) is 4.36. The summed E-state index contributed by atoms with van der Waals surface area (Å²) in [6.45, 7) is 6.82. The van der Waals surface area contributed by atoms with Crippen LogP contribution in [-0.2, 0) is 0 Å². The number of alkyl halides is 2. The molecule has 0 amide bonds. The van der Waals surface area contributed by atoms with E-state index in [4.69, 9.17) is 41.4 Å². The molecule has 1 rings (SSSR count). The van der Waals surface area contributed by atoms with Crippen LogP contribution in [0.15, 0.2) is 18.2 Å². The fraction of sp³-hybridized carbons (Fsp3) is 0.125. The highest BCUT2D eigenvalue weighted by atomic mass is 35.5. The second-order valence-corrected chi connectivity index (χ2v) is 3.59. The Kier molecular flexibility index (Phi) is 3.22. The van der Waals surface area contributed by atoms with Gasteiger partial charge in [0, 0.05) is 10.6 Å². The smallest absolute Gasteiger partial charge is 0.194 e. The molecule has 0 radical (unpaired) electrons. The van der Waals surface area contributed by atoms with E-state index in [0.717, 1.165) is 0 Å². The average Bonchev–Trinajstić information content (AvgIpc) is 2.03. The minimum atomic E-state index is -0.747. The molecule has 0 saturated heterocycles. The van der Waals surface area contributed by atoms with Gasteiger partial charge in [0.1, 0.15) is 4.84 Å². The summed E-state index contributed by atoms with van der Waals surface area (Å²) in [6.07, 6.45) is 0. The largest absolute Gasteiger partial charge is 0.238 e. The Bertz CT molecular complexity index is 328. The molecular weight excluding hydrogens is 216 g/mol. The zero-order chi connectivity index (χ0) is 9.14. The van der Waals surface area contributed by atoms with Crippen LogP contribution in [0.1, 0.15) is 10.4 Å². The maximum atomic E-state index is 6.82. The molecule has 0 saturated carbocycles. The van der Waals surface area contributed by atoms with E-state index in [9.17, 15) is 0 Å². The van der Waals surface area contributed by atoms with Gasteiger partial charge < -0.3 is 0 Å². The molecule has 4 heteroatoms. The Balaban J connectivity index is 3.32. The van der Waals surface area contributed by atoms with E-state index < -0.39 is 4.84 Å². The van der Waals surface area contributed by atoms with E-state index >= 15 is 0 Å². The number of hydrogen-bond donors (Lipinski definition) is 0. The number of rotatable bonds is 1. The van der Waals surface area contributed by atoms with Gasteiger partial charge in [-0.1, -0.05) is 23.7 Å². The van der Waals surface area contributed by atoms with E-state index in [2.05, 4.69) is 4.85 Å². The molecule has 0 spiro atoms. The van der Waals surface area contributed by atoms with Crippen LogP contribution in [0.3, 0.4) is 0 Å². The van der Waals surface area contributed by atoms with Gasteiger partial charge in [-0.3, -0.25) is 0 Å². The van der Waals surface area contributed by atoms with Crippen molar-refractivity contribution < 1.29 is 0 Å². The zero-order valence-electron chi connectivity index (χ0n) is 5.89. The molecule has 0 N–H and O–H groups in total. The molecule has 0 aliphatic heterocycles. The summed E-state index contributed by atoms with van der Waals surface area (Å²) >= 11 is 17.1. The third kappa shape index (κ3) is 1.84. The summed E-state index contributed by atoms with van der Waals surface area (Å²) < 4.78 is 0. The number of halogens is 3. The maximum Gasteiger partial charge on any atom is 0.194 e. The molecule has 1 aromatic carbocycles. The van der Waals surface area contributed by atoms with Crippen molar-refractivity contribution in [2.75, 3.05) is 0 Å². The number of nitrogens with zero attached hydrogens (tertiary/aromatic N) is 1. The van der Waals surface area contributed by atoms with Gasteiger partial charge >= 0.3 is 0 Å². The third-order valence-electron chi connectivity index (χ3n) is 1.37. The zero-order valence-corrected chi connectivity index (χ0v) is 8.16. The molecule has 0 unspecified atom stereocenters. The van der Waals surface area contributed by atoms with Crippen LogP contribution in [0.5, 0.6) is 0 Å². The van der Waals surface area contributed by atoms with Gasteiger partial charge in [-0.25, -0.2) is 4.85 Å². The number of benzene rings is 1. The van der Waals surface area contributed by atoms with Gasteiger partial charge in [0.2, 0.25) is 0 Å². The molecule has 0 aromatic heterocycles. The lowest BCUT2D eigenvalue weighted by atomic mass is 10.2. The highest BCUT2D eigenvalue weighted by Gasteiger charge is 2.12. The van der Waals surface area contributed by atoms with Crippen LogP contribution in [0.25, 0.3) is 4.85 Å². The lowest BCUT2D eigenvalue weighted by Crippen LogP contribution is -1.83. The summed E-state index contributed by atoms with van der Waals surface area (Å²) in [5.74, 6) is 0. The van der Waals surface area contributed by atoms with Gasteiger partial charge in [0.25, 0.3) is 0 Å². The molecular formula is C8H4Cl3N. The summed E-state index contributed by atoms with van der Waals surface area (Å²) in [4.78, 5) is 2.50. The van der Waals surface area contributed by atoms with E-state index in [1.54, 1.807) is 18.2 Å². The van der Waals surface area contributed by atoms with E-state index in [-0.39, 0.29) is 0 Å². The van der Waals surface area contributed by atoms with Crippen LogP contribution in [0.4, 0.5) is 5.69 Å². The Hall–Kier alpha value is -0.420. The molecule has 1 aromatic rings. The Morgan fingerprint density at radius 2 is 2.00 bits per heavy atom. The fourth-order valence-electron chi connectivity index (χ4n) is 0.839. The Labute approximate surface area is 85.7 Å². The van der Waals surface area contributed by atoms with Crippen molar-refractivity contribution in [3.63, 3.8) is 0 Å². The first-order chi connectivity index (χ1) is 5.66. The lowest BCUT2D eigenvalue weighted by Gasteiger charge is -2.05. The molecule has 12 heavy (non-hydrogen) atoms. The minimum Gasteiger partial charge on any atom is -0.238 e. The third-order valence-corrected chi connectivity index (χ3v) is 2.13. The summed E-state index contributed by atoms with van der Waals surface area (Å²) in [5.41, 5.74) is 0.884. The molecule has 1 nitrogen and oxygen atoms in total. The average molecular weight is 220 g/mol. The second kappa shape index (κ2) is 4.00. The van der Waals surface area contributed by atoms with Crippen LogP contribution >= 0.6 is 34.8 Å².